The number of para-hydroxylation sites is 1. The summed E-state index contributed by atoms with van der Waals surface area (Å²) in [6.07, 6.45) is 0.699. The van der Waals surface area contributed by atoms with Gasteiger partial charge in [-0.3, -0.25) is 4.79 Å². The number of rotatable bonds is 2. The second-order valence-corrected chi connectivity index (χ2v) is 5.74. The molecule has 2 heterocycles. The molecule has 2 aliphatic rings. The summed E-state index contributed by atoms with van der Waals surface area (Å²) >= 11 is 0. The molecule has 0 saturated heterocycles. The molecule has 102 valence electrons. The molecule has 0 aliphatic carbocycles. The zero-order chi connectivity index (χ0) is 13.6. The van der Waals surface area contributed by atoms with Crippen molar-refractivity contribution in [2.75, 3.05) is 11.4 Å². The van der Waals surface area contributed by atoms with Gasteiger partial charge in [0.1, 0.15) is 0 Å². The third-order valence-corrected chi connectivity index (χ3v) is 3.97. The van der Waals surface area contributed by atoms with E-state index in [1.165, 1.54) is 0 Å². The first kappa shape index (κ1) is 12.6. The fraction of sp³-hybridized carbons (Fsp3) is 0.533. The van der Waals surface area contributed by atoms with Gasteiger partial charge in [0.05, 0.1) is 18.2 Å². The van der Waals surface area contributed by atoms with Crippen molar-refractivity contribution in [3.63, 3.8) is 0 Å². The van der Waals surface area contributed by atoms with E-state index in [1.807, 2.05) is 23.1 Å². The highest BCUT2D eigenvalue weighted by molar-refractivity contribution is 6.02. The van der Waals surface area contributed by atoms with Gasteiger partial charge in [0.15, 0.2) is 0 Å². The van der Waals surface area contributed by atoms with Crippen molar-refractivity contribution < 1.29 is 9.90 Å². The second kappa shape index (κ2) is 4.62. The summed E-state index contributed by atoms with van der Waals surface area (Å²) < 4.78 is 0. The quantitative estimate of drug-likeness (QED) is 0.844. The van der Waals surface area contributed by atoms with Crippen LogP contribution < -0.4 is 10.2 Å². The van der Waals surface area contributed by atoms with Crippen molar-refractivity contribution in [1.82, 2.24) is 5.32 Å². The summed E-state index contributed by atoms with van der Waals surface area (Å²) in [5, 5.41) is 14.0. The molecule has 19 heavy (non-hydrogen) atoms. The lowest BCUT2D eigenvalue weighted by Crippen LogP contribution is -2.40. The van der Waals surface area contributed by atoms with Gasteiger partial charge in [-0.2, -0.15) is 0 Å². The molecule has 2 unspecified atom stereocenters. The monoisotopic (exact) mass is 260 g/mol. The number of carbonyl (C=O) groups excluding carboxylic acids is 1. The highest BCUT2D eigenvalue weighted by Gasteiger charge is 2.36. The van der Waals surface area contributed by atoms with Crippen molar-refractivity contribution in [2.45, 2.75) is 44.9 Å². The molecule has 0 aromatic heterocycles. The molecular weight excluding hydrogens is 240 g/mol. The van der Waals surface area contributed by atoms with E-state index in [0.717, 1.165) is 23.2 Å². The first-order chi connectivity index (χ1) is 9.08. The molecule has 1 amide bonds. The number of benzene rings is 1. The molecular formula is C15H20N2O2. The maximum atomic E-state index is 12.1. The van der Waals surface area contributed by atoms with Gasteiger partial charge < -0.3 is 15.3 Å². The topological polar surface area (TPSA) is 52.6 Å². The van der Waals surface area contributed by atoms with Gasteiger partial charge in [0.25, 0.3) is 0 Å². The molecule has 2 N–H and O–H groups in total. The number of amides is 1. The van der Waals surface area contributed by atoms with Crippen LogP contribution in [0.1, 0.15) is 37.5 Å². The average Bonchev–Trinajstić information content (AvgIpc) is 2.61. The highest BCUT2D eigenvalue weighted by atomic mass is 16.3. The minimum Gasteiger partial charge on any atom is -0.387 e. The lowest BCUT2D eigenvalue weighted by atomic mass is 9.97. The number of aliphatic hydroxyl groups excluding tert-OH is 1. The van der Waals surface area contributed by atoms with E-state index in [9.17, 15) is 9.90 Å². The summed E-state index contributed by atoms with van der Waals surface area (Å²) in [5.74, 6) is 0.153. The SMILES string of the molecule is CC(C)NC1CCN2C(=O)Cc3cccc(c32)C1O. The van der Waals surface area contributed by atoms with Gasteiger partial charge in [-0.05, 0) is 12.0 Å². The number of hydrogen-bond acceptors (Lipinski definition) is 3. The third-order valence-electron chi connectivity index (χ3n) is 3.97. The van der Waals surface area contributed by atoms with Gasteiger partial charge in [0.2, 0.25) is 5.91 Å². The van der Waals surface area contributed by atoms with E-state index in [0.29, 0.717) is 19.0 Å². The molecule has 2 atom stereocenters. The fourth-order valence-electron chi connectivity index (χ4n) is 3.19. The van der Waals surface area contributed by atoms with Crippen LogP contribution in [0.2, 0.25) is 0 Å². The summed E-state index contributed by atoms with van der Waals surface area (Å²) in [7, 11) is 0. The van der Waals surface area contributed by atoms with E-state index >= 15 is 0 Å². The van der Waals surface area contributed by atoms with E-state index in [4.69, 9.17) is 0 Å². The van der Waals surface area contributed by atoms with Crippen LogP contribution in [0.25, 0.3) is 0 Å². The number of nitrogens with zero attached hydrogens (tertiary/aromatic N) is 1. The Balaban J connectivity index is 2.02. The predicted octanol–water partition coefficient (Wildman–Crippen LogP) is 1.38. The molecule has 1 aromatic rings. The van der Waals surface area contributed by atoms with E-state index < -0.39 is 6.10 Å². The standard InChI is InChI=1S/C15H20N2O2/c1-9(2)16-12-6-7-17-13(18)8-10-4-3-5-11(14(10)17)15(12)19/h3-5,9,12,15-16,19H,6-8H2,1-2H3. The zero-order valence-electron chi connectivity index (χ0n) is 11.4. The van der Waals surface area contributed by atoms with Crippen molar-refractivity contribution in [3.05, 3.63) is 29.3 Å². The normalized spacial score (nSPS) is 25.7. The average molecular weight is 260 g/mol. The number of anilines is 1. The lowest BCUT2D eigenvalue weighted by Gasteiger charge is -2.24. The Morgan fingerprint density at radius 1 is 1.42 bits per heavy atom. The largest absolute Gasteiger partial charge is 0.387 e. The fourth-order valence-corrected chi connectivity index (χ4v) is 3.19. The molecule has 4 heteroatoms. The van der Waals surface area contributed by atoms with Crippen molar-refractivity contribution in [1.29, 1.82) is 0 Å². The van der Waals surface area contributed by atoms with Crippen LogP contribution in [-0.2, 0) is 11.2 Å². The van der Waals surface area contributed by atoms with Gasteiger partial charge in [-0.1, -0.05) is 32.0 Å². The Bertz CT molecular complexity index is 513. The minimum atomic E-state index is -0.548. The van der Waals surface area contributed by atoms with Crippen LogP contribution in [0.5, 0.6) is 0 Å². The molecule has 2 aliphatic heterocycles. The van der Waals surface area contributed by atoms with Gasteiger partial charge >= 0.3 is 0 Å². The van der Waals surface area contributed by atoms with Crippen LogP contribution in [0, 0.1) is 0 Å². The van der Waals surface area contributed by atoms with Crippen molar-refractivity contribution in [3.8, 4) is 0 Å². The summed E-state index contributed by atoms with van der Waals surface area (Å²) in [4.78, 5) is 13.9. The van der Waals surface area contributed by atoms with E-state index in [2.05, 4.69) is 19.2 Å². The van der Waals surface area contributed by atoms with Gasteiger partial charge in [-0.25, -0.2) is 0 Å². The molecule has 4 nitrogen and oxygen atoms in total. The number of hydrogen-bond donors (Lipinski definition) is 2. The Morgan fingerprint density at radius 2 is 2.21 bits per heavy atom. The molecule has 1 aromatic carbocycles. The van der Waals surface area contributed by atoms with E-state index in [-0.39, 0.29) is 11.9 Å². The van der Waals surface area contributed by atoms with Crippen LogP contribution in [0.3, 0.4) is 0 Å². The smallest absolute Gasteiger partial charge is 0.231 e. The Labute approximate surface area is 113 Å². The minimum absolute atomic E-state index is 0.00454. The Morgan fingerprint density at radius 3 is 2.95 bits per heavy atom. The van der Waals surface area contributed by atoms with Crippen molar-refractivity contribution in [2.24, 2.45) is 0 Å². The van der Waals surface area contributed by atoms with Crippen molar-refractivity contribution >= 4 is 11.6 Å². The zero-order valence-corrected chi connectivity index (χ0v) is 11.4. The van der Waals surface area contributed by atoms with Crippen LogP contribution in [0.4, 0.5) is 5.69 Å². The van der Waals surface area contributed by atoms with Crippen LogP contribution in [-0.4, -0.2) is 29.6 Å². The summed E-state index contributed by atoms with van der Waals surface area (Å²) in [6, 6.07) is 6.18. The van der Waals surface area contributed by atoms with Gasteiger partial charge in [-0.15, -0.1) is 0 Å². The third kappa shape index (κ3) is 2.05. The number of nitrogens with one attached hydrogen (secondary N) is 1. The Kier molecular flexibility index (Phi) is 3.07. The maximum absolute atomic E-state index is 12.1. The molecule has 0 spiro atoms. The molecule has 0 fully saturated rings. The molecule has 3 rings (SSSR count). The van der Waals surface area contributed by atoms with Crippen LogP contribution >= 0.6 is 0 Å². The highest BCUT2D eigenvalue weighted by Crippen LogP contribution is 2.39. The van der Waals surface area contributed by atoms with Crippen LogP contribution in [0.15, 0.2) is 18.2 Å². The predicted molar refractivity (Wildman–Crippen MR) is 74.1 cm³/mol. The number of aliphatic hydroxyl groups is 1. The first-order valence-corrected chi connectivity index (χ1v) is 6.94. The van der Waals surface area contributed by atoms with E-state index in [1.54, 1.807) is 0 Å². The summed E-state index contributed by atoms with van der Waals surface area (Å²) in [6.45, 7) is 4.83. The maximum Gasteiger partial charge on any atom is 0.231 e. The lowest BCUT2D eigenvalue weighted by molar-refractivity contribution is -0.117. The Hall–Kier alpha value is -1.39. The number of carbonyl (C=O) groups is 1. The molecule has 0 radical (unpaired) electrons. The summed E-state index contributed by atoms with van der Waals surface area (Å²) in [5.41, 5.74) is 2.89. The first-order valence-electron chi connectivity index (χ1n) is 6.94. The molecule has 0 bridgehead atoms. The molecule has 0 saturated carbocycles. The second-order valence-electron chi connectivity index (χ2n) is 5.74. The van der Waals surface area contributed by atoms with Gasteiger partial charge in [0, 0.05) is 24.2 Å².